The zero-order valence-electron chi connectivity index (χ0n) is 15.4. The molecular weight excluding hydrogens is 364 g/mol. The molecule has 0 unspecified atom stereocenters. The zero-order chi connectivity index (χ0) is 20.2. The Hall–Kier alpha value is -4.19. The van der Waals surface area contributed by atoms with E-state index in [2.05, 4.69) is 10.3 Å². The molecule has 0 aliphatic rings. The number of benzene rings is 3. The molecule has 0 atom stereocenters. The van der Waals surface area contributed by atoms with Crippen molar-refractivity contribution in [3.63, 3.8) is 0 Å². The largest absolute Gasteiger partial charge is 0.456 e. The van der Waals surface area contributed by atoms with Crippen molar-refractivity contribution in [1.29, 1.82) is 5.41 Å². The number of nitrogens with one attached hydrogen (secondary N) is 2. The van der Waals surface area contributed by atoms with Gasteiger partial charge in [0.05, 0.1) is 5.56 Å². The molecule has 3 aromatic carbocycles. The van der Waals surface area contributed by atoms with E-state index in [4.69, 9.17) is 15.9 Å². The number of nitrogens with zero attached hydrogens (tertiary/aromatic N) is 1. The number of ether oxygens (including phenoxy) is 1. The molecule has 0 saturated carbocycles. The van der Waals surface area contributed by atoms with Gasteiger partial charge in [-0.2, -0.15) is 0 Å². The Bertz CT molecular complexity index is 1210. The summed E-state index contributed by atoms with van der Waals surface area (Å²) in [4.78, 5) is 16.7. The van der Waals surface area contributed by atoms with Crippen LogP contribution >= 0.6 is 0 Å². The molecule has 4 aromatic rings. The third-order valence-corrected chi connectivity index (χ3v) is 4.48. The number of rotatable bonds is 5. The molecule has 29 heavy (non-hydrogen) atoms. The number of hydrogen-bond donors (Lipinski definition) is 3. The highest BCUT2D eigenvalue weighted by Gasteiger charge is 2.12. The molecule has 1 heterocycles. The van der Waals surface area contributed by atoms with Gasteiger partial charge in [-0.05, 0) is 53.2 Å². The van der Waals surface area contributed by atoms with E-state index in [-0.39, 0.29) is 11.7 Å². The quantitative estimate of drug-likeness (QED) is 0.429. The minimum Gasteiger partial charge on any atom is -0.456 e. The van der Waals surface area contributed by atoms with Gasteiger partial charge >= 0.3 is 0 Å². The third-order valence-electron chi connectivity index (χ3n) is 4.48. The van der Waals surface area contributed by atoms with Gasteiger partial charge in [0, 0.05) is 23.7 Å². The van der Waals surface area contributed by atoms with Crippen molar-refractivity contribution >= 4 is 34.4 Å². The lowest BCUT2D eigenvalue weighted by atomic mass is 10.0. The average Bonchev–Trinajstić information content (AvgIpc) is 2.74. The average molecular weight is 382 g/mol. The predicted octanol–water partition coefficient (Wildman–Crippen LogP) is 4.86. The van der Waals surface area contributed by atoms with Crippen LogP contribution in [0.25, 0.3) is 10.8 Å². The second kappa shape index (κ2) is 7.82. The molecule has 6 nitrogen and oxygen atoms in total. The zero-order valence-corrected chi connectivity index (χ0v) is 15.4. The Morgan fingerprint density at radius 2 is 1.86 bits per heavy atom. The van der Waals surface area contributed by atoms with Crippen molar-refractivity contribution in [3.8, 4) is 11.5 Å². The molecule has 0 spiro atoms. The second-order valence-corrected chi connectivity index (χ2v) is 6.36. The normalized spacial score (nSPS) is 10.5. The van der Waals surface area contributed by atoms with Crippen molar-refractivity contribution in [2.24, 2.45) is 0 Å². The van der Waals surface area contributed by atoms with E-state index in [1.807, 2.05) is 54.6 Å². The summed E-state index contributed by atoms with van der Waals surface area (Å²) >= 11 is 0. The van der Waals surface area contributed by atoms with Gasteiger partial charge in [0.2, 0.25) is 0 Å². The van der Waals surface area contributed by atoms with Gasteiger partial charge in [0.15, 0.2) is 0 Å². The van der Waals surface area contributed by atoms with E-state index in [1.54, 1.807) is 18.2 Å². The van der Waals surface area contributed by atoms with Crippen molar-refractivity contribution in [3.05, 3.63) is 90.1 Å². The fraction of sp³-hybridized carbons (Fsp3) is 0. The van der Waals surface area contributed by atoms with E-state index in [9.17, 15) is 4.79 Å². The van der Waals surface area contributed by atoms with Crippen LogP contribution in [0, 0.1) is 5.41 Å². The van der Waals surface area contributed by atoms with Crippen LogP contribution in [0.5, 0.6) is 11.5 Å². The number of para-hydroxylation sites is 1. The van der Waals surface area contributed by atoms with Crippen LogP contribution in [-0.2, 0) is 0 Å². The first-order valence-corrected chi connectivity index (χ1v) is 8.97. The van der Waals surface area contributed by atoms with Crippen LogP contribution in [0.3, 0.4) is 0 Å². The number of anilines is 2. The summed E-state index contributed by atoms with van der Waals surface area (Å²) in [6.07, 6.45) is 2.65. The highest BCUT2D eigenvalue weighted by Crippen LogP contribution is 2.30. The Morgan fingerprint density at radius 3 is 2.66 bits per heavy atom. The Kier molecular flexibility index (Phi) is 4.90. The molecule has 1 amide bonds. The number of hydrogen-bond acceptors (Lipinski definition) is 5. The molecule has 6 heteroatoms. The molecular formula is C23H18N4O2. The Morgan fingerprint density at radius 1 is 1.03 bits per heavy atom. The lowest BCUT2D eigenvalue weighted by Crippen LogP contribution is -2.12. The van der Waals surface area contributed by atoms with Gasteiger partial charge in [-0.1, -0.05) is 30.3 Å². The van der Waals surface area contributed by atoms with Crippen molar-refractivity contribution < 1.29 is 9.53 Å². The molecule has 0 fully saturated rings. The van der Waals surface area contributed by atoms with Crippen LogP contribution in [0.15, 0.2) is 79.0 Å². The number of carbonyl (C=O) groups excluding carboxylic acids is 1. The van der Waals surface area contributed by atoms with Crippen LogP contribution in [0.1, 0.15) is 15.9 Å². The van der Waals surface area contributed by atoms with E-state index < -0.39 is 0 Å². The molecule has 0 radical (unpaired) electrons. The number of nitrogen functional groups attached to an aromatic ring is 1. The summed E-state index contributed by atoms with van der Waals surface area (Å²) in [5.74, 6) is 1.08. The van der Waals surface area contributed by atoms with E-state index in [0.717, 1.165) is 22.7 Å². The summed E-state index contributed by atoms with van der Waals surface area (Å²) in [6.45, 7) is 0. The van der Waals surface area contributed by atoms with Gasteiger partial charge in [0.25, 0.3) is 5.91 Å². The summed E-state index contributed by atoms with van der Waals surface area (Å²) in [5.41, 5.74) is 7.54. The lowest BCUT2D eigenvalue weighted by molar-refractivity contribution is 0.102. The number of amides is 1. The maximum absolute atomic E-state index is 12.7. The molecule has 1 aromatic heterocycles. The van der Waals surface area contributed by atoms with Gasteiger partial charge in [-0.25, -0.2) is 4.98 Å². The maximum Gasteiger partial charge on any atom is 0.256 e. The summed E-state index contributed by atoms with van der Waals surface area (Å²) < 4.78 is 5.91. The van der Waals surface area contributed by atoms with E-state index in [0.29, 0.717) is 22.6 Å². The Balaban J connectivity index is 1.65. The molecule has 142 valence electrons. The number of aromatic nitrogens is 1. The number of nitrogens with two attached hydrogens (primary N) is 1. The van der Waals surface area contributed by atoms with Crippen molar-refractivity contribution in [2.75, 3.05) is 11.1 Å². The van der Waals surface area contributed by atoms with E-state index in [1.165, 1.54) is 6.20 Å². The van der Waals surface area contributed by atoms with Crippen LogP contribution in [0.2, 0.25) is 0 Å². The fourth-order valence-electron chi connectivity index (χ4n) is 3.08. The van der Waals surface area contributed by atoms with Gasteiger partial charge in [-0.3, -0.25) is 4.79 Å². The first kappa shape index (κ1) is 18.2. The molecule has 4 N–H and O–H groups in total. The SMILES string of the molecule is N=Cc1c(Oc2ccc3c(C(=O)Nc4ccccc4)cccc3c2)ccnc1N. The van der Waals surface area contributed by atoms with Gasteiger partial charge in [0.1, 0.15) is 17.3 Å². The smallest absolute Gasteiger partial charge is 0.256 e. The topological polar surface area (TPSA) is 101 Å². The lowest BCUT2D eigenvalue weighted by Gasteiger charge is -2.12. The number of fused-ring (bicyclic) bond motifs is 1. The van der Waals surface area contributed by atoms with Crippen molar-refractivity contribution in [2.45, 2.75) is 0 Å². The molecule has 0 bridgehead atoms. The van der Waals surface area contributed by atoms with Gasteiger partial charge in [-0.15, -0.1) is 0 Å². The Labute approximate surface area is 167 Å². The first-order valence-electron chi connectivity index (χ1n) is 8.97. The minimum absolute atomic E-state index is 0.177. The third kappa shape index (κ3) is 3.77. The summed E-state index contributed by atoms with van der Waals surface area (Å²) in [6, 6.07) is 22.0. The molecule has 0 saturated heterocycles. The second-order valence-electron chi connectivity index (χ2n) is 6.36. The van der Waals surface area contributed by atoms with Crippen LogP contribution in [-0.4, -0.2) is 17.1 Å². The highest BCUT2D eigenvalue weighted by atomic mass is 16.5. The van der Waals surface area contributed by atoms with Crippen LogP contribution < -0.4 is 15.8 Å². The summed E-state index contributed by atoms with van der Waals surface area (Å²) in [5, 5.41) is 12.1. The van der Waals surface area contributed by atoms with Gasteiger partial charge < -0.3 is 21.2 Å². The number of carbonyl (C=O) groups is 1. The molecule has 4 rings (SSSR count). The van der Waals surface area contributed by atoms with Crippen LogP contribution in [0.4, 0.5) is 11.5 Å². The van der Waals surface area contributed by atoms with E-state index >= 15 is 0 Å². The predicted molar refractivity (Wildman–Crippen MR) is 115 cm³/mol. The molecule has 0 aliphatic carbocycles. The summed E-state index contributed by atoms with van der Waals surface area (Å²) in [7, 11) is 0. The maximum atomic E-state index is 12.7. The fourth-order valence-corrected chi connectivity index (χ4v) is 3.08. The monoisotopic (exact) mass is 382 g/mol. The van der Waals surface area contributed by atoms with Crippen molar-refractivity contribution in [1.82, 2.24) is 4.98 Å². The first-order chi connectivity index (χ1) is 14.2. The molecule has 0 aliphatic heterocycles. The standard InChI is InChI=1S/C23H18N4O2/c24-14-20-21(11-12-26-22(20)25)29-17-9-10-18-15(13-17)5-4-8-19(18)23(28)27-16-6-2-1-3-7-16/h1-14,24H,(H2,25,26)(H,27,28). The number of pyridine rings is 1. The minimum atomic E-state index is -0.177. The highest BCUT2D eigenvalue weighted by molar-refractivity contribution is 6.13.